The SMILES string of the molecule is CC(=O)c1c[c]cc(C(C)=O)c1C(C)=O. The van der Waals surface area contributed by atoms with Crippen LogP contribution >= 0.6 is 0 Å². The first-order valence-corrected chi connectivity index (χ1v) is 4.52. The molecule has 3 nitrogen and oxygen atoms in total. The summed E-state index contributed by atoms with van der Waals surface area (Å²) in [5.41, 5.74) is 0.721. The van der Waals surface area contributed by atoms with Crippen LogP contribution in [0, 0.1) is 6.07 Å². The lowest BCUT2D eigenvalue weighted by Gasteiger charge is -2.07. The first kappa shape index (κ1) is 11.3. The highest BCUT2D eigenvalue weighted by Gasteiger charge is 2.17. The van der Waals surface area contributed by atoms with E-state index in [0.29, 0.717) is 0 Å². The summed E-state index contributed by atoms with van der Waals surface area (Å²) in [6.45, 7) is 4.06. The topological polar surface area (TPSA) is 51.2 Å². The highest BCUT2D eigenvalue weighted by atomic mass is 16.1. The molecule has 1 rings (SSSR count). The normalized spacial score (nSPS) is 9.80. The molecule has 0 bridgehead atoms. The van der Waals surface area contributed by atoms with Crippen molar-refractivity contribution in [3.63, 3.8) is 0 Å². The van der Waals surface area contributed by atoms with Gasteiger partial charge in [-0.3, -0.25) is 14.4 Å². The predicted molar refractivity (Wildman–Crippen MR) is 55.3 cm³/mol. The van der Waals surface area contributed by atoms with E-state index in [1.807, 2.05) is 0 Å². The number of rotatable bonds is 3. The Labute approximate surface area is 88.1 Å². The van der Waals surface area contributed by atoms with Crippen LogP contribution in [0.2, 0.25) is 0 Å². The van der Waals surface area contributed by atoms with Gasteiger partial charge in [-0.05, 0) is 39.0 Å². The van der Waals surface area contributed by atoms with Crippen molar-refractivity contribution in [1.82, 2.24) is 0 Å². The van der Waals surface area contributed by atoms with Gasteiger partial charge in [0.15, 0.2) is 17.3 Å². The highest BCUT2D eigenvalue weighted by molar-refractivity contribution is 6.14. The largest absolute Gasteiger partial charge is 0.294 e. The average molecular weight is 203 g/mol. The molecule has 0 aliphatic carbocycles. The van der Waals surface area contributed by atoms with Crippen LogP contribution in [-0.2, 0) is 0 Å². The third-order valence-electron chi connectivity index (χ3n) is 2.10. The molecule has 1 radical (unpaired) electrons. The van der Waals surface area contributed by atoms with Crippen LogP contribution in [0.5, 0.6) is 0 Å². The predicted octanol–water partition coefficient (Wildman–Crippen LogP) is 2.09. The third-order valence-corrected chi connectivity index (χ3v) is 2.10. The minimum atomic E-state index is -0.278. The molecule has 0 atom stereocenters. The van der Waals surface area contributed by atoms with E-state index in [9.17, 15) is 14.4 Å². The average Bonchev–Trinajstić information content (AvgIpc) is 2.16. The van der Waals surface area contributed by atoms with E-state index >= 15 is 0 Å². The van der Waals surface area contributed by atoms with Crippen molar-refractivity contribution in [3.05, 3.63) is 34.9 Å². The lowest BCUT2D eigenvalue weighted by molar-refractivity contribution is 0.0968. The maximum atomic E-state index is 11.4. The monoisotopic (exact) mass is 203 g/mol. The first-order valence-electron chi connectivity index (χ1n) is 4.52. The second-order valence-electron chi connectivity index (χ2n) is 3.33. The first-order chi connectivity index (χ1) is 6.95. The molecular weight excluding hydrogens is 192 g/mol. The van der Waals surface area contributed by atoms with Crippen molar-refractivity contribution in [2.24, 2.45) is 0 Å². The van der Waals surface area contributed by atoms with Crippen LogP contribution in [0.25, 0.3) is 0 Å². The van der Waals surface area contributed by atoms with Crippen LogP contribution < -0.4 is 0 Å². The number of carbonyl (C=O) groups excluding carboxylic acids is 3. The standard InChI is InChI=1S/C12H11O3/c1-7(13)10-5-4-6-11(8(2)14)12(10)9(3)15/h5-6H,1-3H3. The van der Waals surface area contributed by atoms with Crippen molar-refractivity contribution < 1.29 is 14.4 Å². The summed E-state index contributed by atoms with van der Waals surface area (Å²) >= 11 is 0. The second kappa shape index (κ2) is 4.17. The number of hydrogen-bond donors (Lipinski definition) is 0. The van der Waals surface area contributed by atoms with E-state index in [-0.39, 0.29) is 34.0 Å². The number of Topliss-reactive ketones (excluding diaryl/α,β-unsaturated/α-hetero) is 3. The summed E-state index contributed by atoms with van der Waals surface area (Å²) in [6, 6.07) is 5.57. The van der Waals surface area contributed by atoms with Crippen molar-refractivity contribution in [2.75, 3.05) is 0 Å². The Morgan fingerprint density at radius 2 is 1.27 bits per heavy atom. The summed E-state index contributed by atoms with van der Waals surface area (Å²) in [4.78, 5) is 33.9. The zero-order valence-corrected chi connectivity index (χ0v) is 8.88. The molecule has 3 heteroatoms. The molecule has 77 valence electrons. The molecule has 0 aliphatic heterocycles. The van der Waals surface area contributed by atoms with E-state index in [1.165, 1.54) is 32.9 Å². The van der Waals surface area contributed by atoms with Crippen LogP contribution in [-0.4, -0.2) is 17.3 Å². The van der Waals surface area contributed by atoms with E-state index in [4.69, 9.17) is 0 Å². The molecule has 0 fully saturated rings. The summed E-state index contributed by atoms with van der Waals surface area (Å²) in [7, 11) is 0. The van der Waals surface area contributed by atoms with Gasteiger partial charge in [0.25, 0.3) is 0 Å². The summed E-state index contributed by atoms with van der Waals surface area (Å²) < 4.78 is 0. The number of carbonyl (C=O) groups is 3. The molecule has 1 aromatic rings. The lowest BCUT2D eigenvalue weighted by atomic mass is 9.94. The van der Waals surface area contributed by atoms with E-state index in [0.717, 1.165) is 0 Å². The molecule has 1 aromatic carbocycles. The molecule has 0 saturated heterocycles. The Morgan fingerprint density at radius 1 is 0.867 bits per heavy atom. The molecule has 0 amide bonds. The number of benzene rings is 1. The van der Waals surface area contributed by atoms with Gasteiger partial charge in [-0.1, -0.05) is 0 Å². The fraction of sp³-hybridized carbons (Fsp3) is 0.250. The van der Waals surface area contributed by atoms with Gasteiger partial charge in [0.2, 0.25) is 0 Å². The Morgan fingerprint density at radius 3 is 1.53 bits per heavy atom. The van der Waals surface area contributed by atoms with Gasteiger partial charge in [-0.15, -0.1) is 0 Å². The van der Waals surface area contributed by atoms with Crippen LogP contribution in [0.4, 0.5) is 0 Å². The van der Waals surface area contributed by atoms with Crippen molar-refractivity contribution >= 4 is 17.3 Å². The van der Waals surface area contributed by atoms with Crippen molar-refractivity contribution in [2.45, 2.75) is 20.8 Å². The summed E-state index contributed by atoms with van der Waals surface area (Å²) in [6.07, 6.45) is 0. The van der Waals surface area contributed by atoms with Gasteiger partial charge >= 0.3 is 0 Å². The Bertz CT molecular complexity index is 412. The summed E-state index contributed by atoms with van der Waals surface area (Å²) in [5.74, 6) is -0.751. The van der Waals surface area contributed by atoms with Gasteiger partial charge in [0, 0.05) is 16.7 Å². The third kappa shape index (κ3) is 2.18. The molecule has 0 aromatic heterocycles. The molecule has 0 heterocycles. The van der Waals surface area contributed by atoms with E-state index in [2.05, 4.69) is 6.07 Å². The fourth-order valence-corrected chi connectivity index (χ4v) is 1.43. The highest BCUT2D eigenvalue weighted by Crippen LogP contribution is 2.16. The maximum Gasteiger partial charge on any atom is 0.161 e. The molecule has 0 spiro atoms. The molecule has 0 N–H and O–H groups in total. The van der Waals surface area contributed by atoms with Gasteiger partial charge < -0.3 is 0 Å². The number of ketones is 3. The molecule has 0 unspecified atom stereocenters. The Hall–Kier alpha value is -1.77. The van der Waals surface area contributed by atoms with E-state index < -0.39 is 0 Å². The minimum absolute atomic E-state index is 0.203. The fourth-order valence-electron chi connectivity index (χ4n) is 1.43. The van der Waals surface area contributed by atoms with E-state index in [1.54, 1.807) is 0 Å². The van der Waals surface area contributed by atoms with Gasteiger partial charge in [0.1, 0.15) is 0 Å². The summed E-state index contributed by atoms with van der Waals surface area (Å²) in [5, 5.41) is 0. The molecule has 15 heavy (non-hydrogen) atoms. The van der Waals surface area contributed by atoms with Gasteiger partial charge in [-0.2, -0.15) is 0 Å². The molecule has 0 saturated carbocycles. The Kier molecular flexibility index (Phi) is 3.14. The Balaban J connectivity index is 3.56. The van der Waals surface area contributed by atoms with Gasteiger partial charge in [-0.25, -0.2) is 0 Å². The molecule has 0 aliphatic rings. The number of hydrogen-bond acceptors (Lipinski definition) is 3. The van der Waals surface area contributed by atoms with Crippen LogP contribution in [0.1, 0.15) is 51.8 Å². The quantitative estimate of drug-likeness (QED) is 0.707. The van der Waals surface area contributed by atoms with Crippen molar-refractivity contribution in [1.29, 1.82) is 0 Å². The zero-order valence-electron chi connectivity index (χ0n) is 8.88. The van der Waals surface area contributed by atoms with Gasteiger partial charge in [0.05, 0.1) is 0 Å². The van der Waals surface area contributed by atoms with Crippen LogP contribution in [0.15, 0.2) is 12.1 Å². The smallest absolute Gasteiger partial charge is 0.161 e. The van der Waals surface area contributed by atoms with Crippen LogP contribution in [0.3, 0.4) is 0 Å². The maximum absolute atomic E-state index is 11.4. The van der Waals surface area contributed by atoms with Crippen molar-refractivity contribution in [3.8, 4) is 0 Å². The zero-order chi connectivity index (χ0) is 11.6. The lowest BCUT2D eigenvalue weighted by Crippen LogP contribution is -2.10. The second-order valence-corrected chi connectivity index (χ2v) is 3.33. The minimum Gasteiger partial charge on any atom is -0.294 e. The molecular formula is C12H11O3.